The van der Waals surface area contributed by atoms with E-state index in [0.29, 0.717) is 0 Å². The van der Waals surface area contributed by atoms with Crippen molar-refractivity contribution in [2.75, 3.05) is 44.8 Å². The van der Waals surface area contributed by atoms with Crippen molar-refractivity contribution in [2.45, 2.75) is 32.4 Å². The number of anilines is 1. The molecule has 0 bridgehead atoms. The van der Waals surface area contributed by atoms with Crippen LogP contribution in [0.25, 0.3) is 0 Å². The van der Waals surface area contributed by atoms with Crippen LogP contribution in [0.15, 0.2) is 29.3 Å². The zero-order chi connectivity index (χ0) is 19.3. The summed E-state index contributed by atoms with van der Waals surface area (Å²) >= 11 is 0. The Bertz CT molecular complexity index is 641. The minimum absolute atomic E-state index is 0. The minimum Gasteiger partial charge on any atom is -0.435 e. The van der Waals surface area contributed by atoms with E-state index in [1.165, 1.54) is 0 Å². The minimum atomic E-state index is -2.80. The van der Waals surface area contributed by atoms with Gasteiger partial charge in [0.2, 0.25) is 0 Å². The topological polar surface area (TPSA) is 58.1 Å². The Morgan fingerprint density at radius 3 is 2.64 bits per heavy atom. The lowest BCUT2D eigenvalue weighted by Gasteiger charge is -2.39. The molecule has 3 rings (SSSR count). The standard InChI is InChI=1S/C19H28F2N4O2.HI/c1-19(12-26-13-19)11-23-18(22-2)24-14-4-3-9-25(10-14)15-5-7-16(8-6-15)27-17(20)21;/h5-8,14,17H,3-4,9-13H2,1-2H3,(H2,22,23,24);1H. The molecule has 2 fully saturated rings. The molecule has 2 aliphatic heterocycles. The Morgan fingerprint density at radius 1 is 1.36 bits per heavy atom. The van der Waals surface area contributed by atoms with E-state index in [-0.39, 0.29) is 41.2 Å². The van der Waals surface area contributed by atoms with Crippen LogP contribution >= 0.6 is 24.0 Å². The van der Waals surface area contributed by atoms with Crippen molar-refractivity contribution in [3.63, 3.8) is 0 Å². The average molecular weight is 510 g/mol. The SMILES string of the molecule is CN=C(NCC1(C)COC1)NC1CCCN(c2ccc(OC(F)F)cc2)C1.I. The van der Waals surface area contributed by atoms with Crippen LogP contribution in [0.4, 0.5) is 14.5 Å². The van der Waals surface area contributed by atoms with Crippen LogP contribution in [0.5, 0.6) is 5.75 Å². The molecule has 6 nitrogen and oxygen atoms in total. The molecule has 9 heteroatoms. The summed E-state index contributed by atoms with van der Waals surface area (Å²) in [4.78, 5) is 6.58. The number of hydrogen-bond acceptors (Lipinski definition) is 4. The summed E-state index contributed by atoms with van der Waals surface area (Å²) < 4.78 is 34.3. The van der Waals surface area contributed by atoms with Crippen LogP contribution < -0.4 is 20.3 Å². The zero-order valence-corrected chi connectivity index (χ0v) is 18.6. The Labute approximate surface area is 182 Å². The molecule has 0 saturated carbocycles. The second-order valence-electron chi connectivity index (χ2n) is 7.53. The summed E-state index contributed by atoms with van der Waals surface area (Å²) in [6, 6.07) is 7.09. The van der Waals surface area contributed by atoms with Crippen LogP contribution in [0.3, 0.4) is 0 Å². The van der Waals surface area contributed by atoms with Gasteiger partial charge in [-0.05, 0) is 37.1 Å². The summed E-state index contributed by atoms with van der Waals surface area (Å²) in [7, 11) is 1.78. The highest BCUT2D eigenvalue weighted by Crippen LogP contribution is 2.25. The van der Waals surface area contributed by atoms with Crippen molar-refractivity contribution < 1.29 is 18.3 Å². The third-order valence-electron chi connectivity index (χ3n) is 5.00. The van der Waals surface area contributed by atoms with Crippen LogP contribution in [0.2, 0.25) is 0 Å². The first-order chi connectivity index (χ1) is 13.0. The van der Waals surface area contributed by atoms with Gasteiger partial charge in [0.1, 0.15) is 5.75 Å². The van der Waals surface area contributed by atoms with E-state index in [9.17, 15) is 8.78 Å². The highest BCUT2D eigenvalue weighted by molar-refractivity contribution is 14.0. The molecule has 28 heavy (non-hydrogen) atoms. The van der Waals surface area contributed by atoms with Gasteiger partial charge in [0.05, 0.1) is 13.2 Å². The van der Waals surface area contributed by atoms with Crippen LogP contribution in [0.1, 0.15) is 19.8 Å². The van der Waals surface area contributed by atoms with Crippen molar-refractivity contribution in [3.8, 4) is 5.75 Å². The first kappa shape index (κ1) is 22.9. The number of nitrogens with zero attached hydrogens (tertiary/aromatic N) is 2. The van der Waals surface area contributed by atoms with Crippen molar-refractivity contribution in [1.29, 1.82) is 0 Å². The van der Waals surface area contributed by atoms with Gasteiger partial charge >= 0.3 is 6.61 Å². The number of nitrogens with one attached hydrogen (secondary N) is 2. The van der Waals surface area contributed by atoms with Gasteiger partial charge in [0.15, 0.2) is 5.96 Å². The van der Waals surface area contributed by atoms with E-state index >= 15 is 0 Å². The van der Waals surface area contributed by atoms with Crippen LogP contribution in [-0.2, 0) is 4.74 Å². The van der Waals surface area contributed by atoms with Gasteiger partial charge in [-0.3, -0.25) is 4.99 Å². The first-order valence-electron chi connectivity index (χ1n) is 9.32. The Balaban J connectivity index is 0.00000280. The smallest absolute Gasteiger partial charge is 0.387 e. The van der Waals surface area contributed by atoms with Crippen LogP contribution in [0, 0.1) is 5.41 Å². The number of guanidine groups is 1. The normalized spacial score (nSPS) is 21.5. The predicted molar refractivity (Wildman–Crippen MR) is 117 cm³/mol. The summed E-state index contributed by atoms with van der Waals surface area (Å²) in [6.07, 6.45) is 2.11. The molecule has 158 valence electrons. The third kappa shape index (κ3) is 6.33. The van der Waals surface area contributed by atoms with E-state index in [0.717, 1.165) is 57.3 Å². The lowest BCUT2D eigenvalue weighted by atomic mass is 9.89. The van der Waals surface area contributed by atoms with E-state index in [2.05, 4.69) is 32.2 Å². The lowest BCUT2D eigenvalue weighted by Crippen LogP contribution is -2.55. The maximum Gasteiger partial charge on any atom is 0.387 e. The molecule has 2 heterocycles. The molecule has 1 unspecified atom stereocenters. The average Bonchev–Trinajstić information content (AvgIpc) is 2.64. The van der Waals surface area contributed by atoms with Gasteiger partial charge in [0.25, 0.3) is 0 Å². The first-order valence-corrected chi connectivity index (χ1v) is 9.32. The lowest BCUT2D eigenvalue weighted by molar-refractivity contribution is -0.0971. The number of ether oxygens (including phenoxy) is 2. The molecule has 1 atom stereocenters. The number of piperidine rings is 1. The monoisotopic (exact) mass is 510 g/mol. The Kier molecular flexibility index (Phi) is 8.54. The molecule has 2 saturated heterocycles. The molecule has 0 aromatic heterocycles. The predicted octanol–water partition coefficient (Wildman–Crippen LogP) is 3.08. The molecule has 0 radical (unpaired) electrons. The molecule has 0 amide bonds. The zero-order valence-electron chi connectivity index (χ0n) is 16.3. The third-order valence-corrected chi connectivity index (χ3v) is 5.00. The van der Waals surface area contributed by atoms with Crippen molar-refractivity contribution in [2.24, 2.45) is 10.4 Å². The van der Waals surface area contributed by atoms with Crippen LogP contribution in [-0.4, -0.2) is 58.5 Å². The second kappa shape index (κ2) is 10.4. The van der Waals surface area contributed by atoms with Gasteiger partial charge in [-0.25, -0.2) is 0 Å². The summed E-state index contributed by atoms with van der Waals surface area (Å²) in [5.41, 5.74) is 1.18. The Morgan fingerprint density at radius 2 is 2.07 bits per heavy atom. The van der Waals surface area contributed by atoms with E-state index in [4.69, 9.17) is 4.74 Å². The van der Waals surface area contributed by atoms with Gasteiger partial charge in [0, 0.05) is 43.8 Å². The molecular formula is C19H29F2IN4O2. The van der Waals surface area contributed by atoms with E-state index in [1.807, 2.05) is 12.1 Å². The number of halogens is 3. The molecule has 2 N–H and O–H groups in total. The highest BCUT2D eigenvalue weighted by atomic mass is 127. The van der Waals surface area contributed by atoms with Gasteiger partial charge in [-0.2, -0.15) is 8.78 Å². The number of alkyl halides is 2. The molecule has 2 aliphatic rings. The Hall–Kier alpha value is -1.36. The van der Waals surface area contributed by atoms with Crippen molar-refractivity contribution in [1.82, 2.24) is 10.6 Å². The number of hydrogen-bond donors (Lipinski definition) is 2. The number of rotatable bonds is 6. The maximum absolute atomic E-state index is 12.3. The largest absolute Gasteiger partial charge is 0.435 e. The summed E-state index contributed by atoms with van der Waals surface area (Å²) in [6.45, 7) is 3.55. The molecule has 1 aromatic rings. The fraction of sp³-hybridized carbons (Fsp3) is 0.632. The molecule has 0 aliphatic carbocycles. The fourth-order valence-corrected chi connectivity index (χ4v) is 3.41. The highest BCUT2D eigenvalue weighted by Gasteiger charge is 2.33. The number of benzene rings is 1. The van der Waals surface area contributed by atoms with E-state index < -0.39 is 6.61 Å². The summed E-state index contributed by atoms with van der Waals surface area (Å²) in [5.74, 6) is 0.981. The number of aliphatic imine (C=N–C) groups is 1. The van der Waals surface area contributed by atoms with Crippen molar-refractivity contribution in [3.05, 3.63) is 24.3 Å². The quantitative estimate of drug-likeness (QED) is 0.350. The van der Waals surface area contributed by atoms with Gasteiger partial charge < -0.3 is 25.0 Å². The molecule has 0 spiro atoms. The molecular weight excluding hydrogens is 481 g/mol. The van der Waals surface area contributed by atoms with Gasteiger partial charge in [-0.1, -0.05) is 6.92 Å². The van der Waals surface area contributed by atoms with E-state index in [1.54, 1.807) is 19.2 Å². The summed E-state index contributed by atoms with van der Waals surface area (Å²) in [5, 5.41) is 6.89. The van der Waals surface area contributed by atoms with Gasteiger partial charge in [-0.15, -0.1) is 24.0 Å². The fourth-order valence-electron chi connectivity index (χ4n) is 3.41. The molecule has 1 aromatic carbocycles. The maximum atomic E-state index is 12.3. The second-order valence-corrected chi connectivity index (χ2v) is 7.53. The van der Waals surface area contributed by atoms with Crippen molar-refractivity contribution >= 4 is 35.6 Å².